The molecule has 6 heteroatoms. The van der Waals surface area contributed by atoms with Crippen molar-refractivity contribution >= 4 is 0 Å². The van der Waals surface area contributed by atoms with E-state index in [0.29, 0.717) is 13.2 Å². The van der Waals surface area contributed by atoms with Crippen LogP contribution in [0.1, 0.15) is 0 Å². The molecule has 3 rings (SSSR count). The summed E-state index contributed by atoms with van der Waals surface area (Å²) in [6, 6.07) is 0. The van der Waals surface area contributed by atoms with E-state index in [1.165, 1.54) is 0 Å². The molecule has 0 aliphatic carbocycles. The standard InChI is InChI=1S/C14H26N2O4/c1-5-17-6-2-15(1)9-13-11-20-14(12-19-13)10-16-3-7-18-8-4-16/h13-14H,1-12H2. The van der Waals surface area contributed by atoms with E-state index in [-0.39, 0.29) is 12.2 Å². The van der Waals surface area contributed by atoms with Gasteiger partial charge in [-0.1, -0.05) is 0 Å². The van der Waals surface area contributed by atoms with Crippen LogP contribution < -0.4 is 0 Å². The highest BCUT2D eigenvalue weighted by Crippen LogP contribution is 2.12. The minimum atomic E-state index is 0.217. The lowest BCUT2D eigenvalue weighted by Gasteiger charge is -2.36. The second kappa shape index (κ2) is 7.68. The van der Waals surface area contributed by atoms with Crippen LogP contribution in [0.2, 0.25) is 0 Å². The highest BCUT2D eigenvalue weighted by atomic mass is 16.6. The molecule has 0 aromatic heterocycles. The third-order valence-electron chi connectivity index (χ3n) is 4.17. The van der Waals surface area contributed by atoms with Crippen LogP contribution in [0.25, 0.3) is 0 Å². The Morgan fingerprint density at radius 3 is 1.40 bits per heavy atom. The summed E-state index contributed by atoms with van der Waals surface area (Å²) in [5.41, 5.74) is 0. The van der Waals surface area contributed by atoms with Crippen LogP contribution in [0, 0.1) is 0 Å². The Hall–Kier alpha value is -0.240. The van der Waals surface area contributed by atoms with Gasteiger partial charge >= 0.3 is 0 Å². The monoisotopic (exact) mass is 286 g/mol. The summed E-state index contributed by atoms with van der Waals surface area (Å²) in [6.45, 7) is 10.8. The van der Waals surface area contributed by atoms with Crippen molar-refractivity contribution in [1.29, 1.82) is 0 Å². The van der Waals surface area contributed by atoms with Gasteiger partial charge in [0.05, 0.1) is 51.8 Å². The Bertz CT molecular complexity index is 244. The predicted octanol–water partition coefficient (Wildman–Crippen LogP) is -0.565. The van der Waals surface area contributed by atoms with E-state index in [1.807, 2.05) is 0 Å². The van der Waals surface area contributed by atoms with E-state index in [1.54, 1.807) is 0 Å². The summed E-state index contributed by atoms with van der Waals surface area (Å²) in [4.78, 5) is 4.81. The van der Waals surface area contributed by atoms with E-state index >= 15 is 0 Å². The molecule has 0 spiro atoms. The molecular formula is C14H26N2O4. The van der Waals surface area contributed by atoms with E-state index in [4.69, 9.17) is 18.9 Å². The van der Waals surface area contributed by atoms with Gasteiger partial charge < -0.3 is 18.9 Å². The van der Waals surface area contributed by atoms with Crippen LogP contribution in [0.3, 0.4) is 0 Å². The molecule has 6 nitrogen and oxygen atoms in total. The maximum atomic E-state index is 5.97. The second-order valence-corrected chi connectivity index (χ2v) is 5.74. The van der Waals surface area contributed by atoms with Gasteiger partial charge in [-0.2, -0.15) is 0 Å². The number of nitrogens with zero attached hydrogens (tertiary/aromatic N) is 2. The van der Waals surface area contributed by atoms with Crippen LogP contribution >= 0.6 is 0 Å². The van der Waals surface area contributed by atoms with E-state index < -0.39 is 0 Å². The first-order chi connectivity index (χ1) is 9.90. The summed E-state index contributed by atoms with van der Waals surface area (Å²) < 4.78 is 22.7. The maximum Gasteiger partial charge on any atom is 0.0936 e. The molecule has 0 bridgehead atoms. The van der Waals surface area contributed by atoms with Gasteiger partial charge in [0.25, 0.3) is 0 Å². The van der Waals surface area contributed by atoms with Crippen LogP contribution in [-0.4, -0.2) is 101 Å². The largest absolute Gasteiger partial charge is 0.379 e. The third kappa shape index (κ3) is 4.38. The molecule has 2 unspecified atom stereocenters. The summed E-state index contributed by atoms with van der Waals surface area (Å²) in [5, 5.41) is 0. The maximum absolute atomic E-state index is 5.97. The van der Waals surface area contributed by atoms with Gasteiger partial charge in [-0.25, -0.2) is 0 Å². The molecule has 3 aliphatic rings. The van der Waals surface area contributed by atoms with Crippen molar-refractivity contribution in [2.75, 3.05) is 78.9 Å². The molecule has 2 atom stereocenters. The molecular weight excluding hydrogens is 260 g/mol. The third-order valence-corrected chi connectivity index (χ3v) is 4.17. The van der Waals surface area contributed by atoms with Crippen molar-refractivity contribution in [2.24, 2.45) is 0 Å². The fourth-order valence-electron chi connectivity index (χ4n) is 2.94. The molecule has 0 aromatic carbocycles. The quantitative estimate of drug-likeness (QED) is 0.690. The fourth-order valence-corrected chi connectivity index (χ4v) is 2.94. The summed E-state index contributed by atoms with van der Waals surface area (Å²) >= 11 is 0. The Morgan fingerprint density at radius 2 is 1.05 bits per heavy atom. The molecule has 0 aromatic rings. The van der Waals surface area contributed by atoms with Crippen molar-refractivity contribution in [2.45, 2.75) is 12.2 Å². The minimum absolute atomic E-state index is 0.217. The Balaban J connectivity index is 1.33. The lowest BCUT2D eigenvalue weighted by Crippen LogP contribution is -2.49. The summed E-state index contributed by atoms with van der Waals surface area (Å²) in [6.07, 6.45) is 0.433. The number of rotatable bonds is 4. The van der Waals surface area contributed by atoms with Gasteiger partial charge in [0.1, 0.15) is 0 Å². The summed E-state index contributed by atoms with van der Waals surface area (Å²) in [7, 11) is 0. The Morgan fingerprint density at radius 1 is 0.650 bits per heavy atom. The molecule has 0 saturated carbocycles. The van der Waals surface area contributed by atoms with Crippen molar-refractivity contribution in [1.82, 2.24) is 9.80 Å². The average molecular weight is 286 g/mol. The zero-order chi connectivity index (χ0) is 13.6. The van der Waals surface area contributed by atoms with Crippen LogP contribution in [0.5, 0.6) is 0 Å². The second-order valence-electron chi connectivity index (χ2n) is 5.74. The van der Waals surface area contributed by atoms with E-state index in [2.05, 4.69) is 9.80 Å². The van der Waals surface area contributed by atoms with Crippen LogP contribution in [-0.2, 0) is 18.9 Å². The van der Waals surface area contributed by atoms with Gasteiger partial charge in [-0.3, -0.25) is 9.80 Å². The van der Waals surface area contributed by atoms with Crippen LogP contribution in [0.4, 0.5) is 0 Å². The number of hydrogen-bond donors (Lipinski definition) is 0. The lowest BCUT2D eigenvalue weighted by atomic mass is 10.2. The van der Waals surface area contributed by atoms with Gasteiger partial charge in [0.15, 0.2) is 0 Å². The van der Waals surface area contributed by atoms with Gasteiger partial charge in [0, 0.05) is 39.3 Å². The molecule has 3 saturated heterocycles. The van der Waals surface area contributed by atoms with Crippen LogP contribution in [0.15, 0.2) is 0 Å². The molecule has 116 valence electrons. The van der Waals surface area contributed by atoms with Gasteiger partial charge in [-0.15, -0.1) is 0 Å². The smallest absolute Gasteiger partial charge is 0.0936 e. The number of hydrogen-bond acceptors (Lipinski definition) is 6. The first kappa shape index (κ1) is 14.7. The van der Waals surface area contributed by atoms with Crippen molar-refractivity contribution in [3.63, 3.8) is 0 Å². The topological polar surface area (TPSA) is 43.4 Å². The first-order valence-electron chi connectivity index (χ1n) is 7.73. The lowest BCUT2D eigenvalue weighted by molar-refractivity contribution is -0.150. The molecule has 3 aliphatic heterocycles. The molecule has 0 radical (unpaired) electrons. The van der Waals surface area contributed by atoms with Crippen molar-refractivity contribution in [3.05, 3.63) is 0 Å². The normalized spacial score (nSPS) is 34.2. The molecule has 3 fully saturated rings. The predicted molar refractivity (Wildman–Crippen MR) is 74.0 cm³/mol. The highest BCUT2D eigenvalue weighted by Gasteiger charge is 2.26. The van der Waals surface area contributed by atoms with E-state index in [0.717, 1.165) is 65.7 Å². The fraction of sp³-hybridized carbons (Fsp3) is 1.00. The molecule has 0 N–H and O–H groups in total. The average Bonchev–Trinajstić information content (AvgIpc) is 2.51. The molecule has 0 amide bonds. The van der Waals surface area contributed by atoms with Crippen molar-refractivity contribution in [3.8, 4) is 0 Å². The minimum Gasteiger partial charge on any atom is -0.379 e. The zero-order valence-electron chi connectivity index (χ0n) is 12.2. The SMILES string of the molecule is C1CN(CC2COC(CN3CCOCC3)CO2)CCO1. The first-order valence-corrected chi connectivity index (χ1v) is 7.73. The Labute approximate surface area is 120 Å². The molecule has 3 heterocycles. The van der Waals surface area contributed by atoms with Crippen molar-refractivity contribution < 1.29 is 18.9 Å². The molecule has 20 heavy (non-hydrogen) atoms. The number of morpholine rings is 2. The van der Waals surface area contributed by atoms with Gasteiger partial charge in [-0.05, 0) is 0 Å². The van der Waals surface area contributed by atoms with Gasteiger partial charge in [0.2, 0.25) is 0 Å². The highest BCUT2D eigenvalue weighted by molar-refractivity contribution is 4.76. The Kier molecular flexibility index (Phi) is 5.64. The van der Waals surface area contributed by atoms with E-state index in [9.17, 15) is 0 Å². The number of ether oxygens (including phenoxy) is 4. The zero-order valence-corrected chi connectivity index (χ0v) is 12.2. The summed E-state index contributed by atoms with van der Waals surface area (Å²) in [5.74, 6) is 0.